The molecular weight excluding hydrogens is 338 g/mol. The van der Waals surface area contributed by atoms with E-state index in [1.165, 1.54) is 0 Å². The summed E-state index contributed by atoms with van der Waals surface area (Å²) in [6, 6.07) is 26.7. The third-order valence-corrected chi connectivity index (χ3v) is 4.39. The van der Waals surface area contributed by atoms with Crippen molar-refractivity contribution < 1.29 is 14.7 Å². The van der Waals surface area contributed by atoms with E-state index in [4.69, 9.17) is 0 Å². The quantitative estimate of drug-likeness (QED) is 0.701. The molecule has 0 aliphatic rings. The highest BCUT2D eigenvalue weighted by Gasteiger charge is 2.16. The van der Waals surface area contributed by atoms with Crippen LogP contribution >= 0.6 is 0 Å². The number of nitrogens with one attached hydrogen (secondary N) is 1. The van der Waals surface area contributed by atoms with E-state index < -0.39 is 11.9 Å². The maximum Gasteiger partial charge on any atom is 0.224 e. The van der Waals surface area contributed by atoms with Crippen LogP contribution in [0.3, 0.4) is 0 Å². The molecule has 4 heteroatoms. The van der Waals surface area contributed by atoms with E-state index in [9.17, 15) is 14.7 Å². The second kappa shape index (κ2) is 8.81. The molecule has 0 unspecified atom stereocenters. The summed E-state index contributed by atoms with van der Waals surface area (Å²) in [4.78, 5) is 23.5. The van der Waals surface area contributed by atoms with E-state index in [1.54, 1.807) is 0 Å². The van der Waals surface area contributed by atoms with Gasteiger partial charge in [0.25, 0.3) is 0 Å². The number of aliphatic carboxylic acids is 1. The maximum atomic E-state index is 12.4. The molecule has 0 aromatic heterocycles. The molecule has 0 saturated heterocycles. The molecule has 0 radical (unpaired) electrons. The van der Waals surface area contributed by atoms with E-state index in [-0.39, 0.29) is 18.7 Å². The second-order valence-electron chi connectivity index (χ2n) is 6.38. The summed E-state index contributed by atoms with van der Waals surface area (Å²) < 4.78 is 0. The molecule has 0 bridgehead atoms. The average Bonchev–Trinajstić information content (AvgIpc) is 2.69. The number of carbonyl (C=O) groups is 2. The molecule has 1 N–H and O–H groups in total. The van der Waals surface area contributed by atoms with Gasteiger partial charge in [0.1, 0.15) is 0 Å². The van der Waals surface area contributed by atoms with Crippen LogP contribution in [0.4, 0.5) is 5.69 Å². The summed E-state index contributed by atoms with van der Waals surface area (Å²) in [6.45, 7) is 0. The Morgan fingerprint density at radius 3 is 1.89 bits per heavy atom. The van der Waals surface area contributed by atoms with Crippen molar-refractivity contribution in [2.75, 3.05) is 5.32 Å². The lowest BCUT2D eigenvalue weighted by Gasteiger charge is -2.18. The van der Waals surface area contributed by atoms with Gasteiger partial charge in [0.15, 0.2) is 0 Å². The monoisotopic (exact) mass is 358 g/mol. The van der Waals surface area contributed by atoms with E-state index in [0.717, 1.165) is 16.7 Å². The number of amides is 1. The van der Waals surface area contributed by atoms with Crippen LogP contribution in [0.5, 0.6) is 0 Å². The molecule has 0 aliphatic carbocycles. The summed E-state index contributed by atoms with van der Waals surface area (Å²) in [6.07, 6.45) is -0.108. The van der Waals surface area contributed by atoms with Crippen molar-refractivity contribution in [3.8, 4) is 11.1 Å². The number of hydrogen-bond donors (Lipinski definition) is 1. The molecule has 3 rings (SSSR count). The summed E-state index contributed by atoms with van der Waals surface area (Å²) in [5.74, 6) is -1.80. The Bertz CT molecular complexity index is 890. The van der Waals surface area contributed by atoms with E-state index in [1.807, 2.05) is 84.9 Å². The fourth-order valence-corrected chi connectivity index (χ4v) is 3.05. The fourth-order valence-electron chi connectivity index (χ4n) is 3.05. The van der Waals surface area contributed by atoms with Gasteiger partial charge in [-0.15, -0.1) is 0 Å². The first-order valence-electron chi connectivity index (χ1n) is 8.82. The van der Waals surface area contributed by atoms with Crippen molar-refractivity contribution >= 4 is 17.6 Å². The van der Waals surface area contributed by atoms with Gasteiger partial charge in [-0.1, -0.05) is 72.8 Å². The highest BCUT2D eigenvalue weighted by atomic mass is 16.4. The molecule has 4 nitrogen and oxygen atoms in total. The van der Waals surface area contributed by atoms with Gasteiger partial charge in [-0.05, 0) is 41.2 Å². The first kappa shape index (κ1) is 18.4. The second-order valence-corrected chi connectivity index (χ2v) is 6.38. The zero-order valence-electron chi connectivity index (χ0n) is 14.8. The van der Waals surface area contributed by atoms with Crippen LogP contribution in [0, 0.1) is 0 Å². The minimum Gasteiger partial charge on any atom is -0.550 e. The van der Waals surface area contributed by atoms with Gasteiger partial charge >= 0.3 is 0 Å². The van der Waals surface area contributed by atoms with Crippen molar-refractivity contribution in [3.63, 3.8) is 0 Å². The van der Waals surface area contributed by atoms with Crippen molar-refractivity contribution in [3.05, 3.63) is 90.5 Å². The molecule has 1 atom stereocenters. The van der Waals surface area contributed by atoms with Crippen LogP contribution in [0.25, 0.3) is 11.1 Å². The van der Waals surface area contributed by atoms with Crippen LogP contribution < -0.4 is 10.4 Å². The van der Waals surface area contributed by atoms with Crippen LogP contribution in [-0.2, 0) is 9.59 Å². The molecule has 0 heterocycles. The Morgan fingerprint density at radius 1 is 0.741 bits per heavy atom. The summed E-state index contributed by atoms with van der Waals surface area (Å²) in [5, 5.41) is 13.9. The number of carboxylic acids is 1. The van der Waals surface area contributed by atoms with Crippen LogP contribution in [0.1, 0.15) is 24.3 Å². The normalized spacial score (nSPS) is 11.6. The molecule has 0 aliphatic heterocycles. The minimum atomic E-state index is -1.16. The lowest BCUT2D eigenvalue weighted by Crippen LogP contribution is -2.26. The van der Waals surface area contributed by atoms with Crippen molar-refractivity contribution in [1.82, 2.24) is 0 Å². The Hall–Kier alpha value is -3.40. The Labute approximate surface area is 158 Å². The number of rotatable bonds is 7. The average molecular weight is 358 g/mol. The number of carboxylic acid groups (broad SMARTS) is 1. The maximum absolute atomic E-state index is 12.4. The molecule has 3 aromatic carbocycles. The molecule has 0 spiro atoms. The van der Waals surface area contributed by atoms with Crippen LogP contribution in [0.2, 0.25) is 0 Å². The number of anilines is 1. The zero-order chi connectivity index (χ0) is 19.1. The predicted octanol–water partition coefficient (Wildman–Crippen LogP) is 3.61. The van der Waals surface area contributed by atoms with Gasteiger partial charge in [0.05, 0.1) is 0 Å². The largest absolute Gasteiger partial charge is 0.550 e. The first-order chi connectivity index (χ1) is 13.1. The topological polar surface area (TPSA) is 69.2 Å². The van der Waals surface area contributed by atoms with E-state index in [2.05, 4.69) is 5.32 Å². The van der Waals surface area contributed by atoms with Gasteiger partial charge < -0.3 is 15.2 Å². The smallest absolute Gasteiger partial charge is 0.224 e. The van der Waals surface area contributed by atoms with E-state index in [0.29, 0.717) is 5.69 Å². The van der Waals surface area contributed by atoms with Gasteiger partial charge in [-0.3, -0.25) is 4.79 Å². The summed E-state index contributed by atoms with van der Waals surface area (Å²) >= 11 is 0. The van der Waals surface area contributed by atoms with Gasteiger partial charge in [0.2, 0.25) is 5.91 Å². The summed E-state index contributed by atoms with van der Waals surface area (Å²) in [7, 11) is 0. The van der Waals surface area contributed by atoms with Crippen molar-refractivity contribution in [2.45, 2.75) is 18.8 Å². The van der Waals surface area contributed by atoms with E-state index >= 15 is 0 Å². The minimum absolute atomic E-state index is 0.0818. The standard InChI is InChI=1S/C23H21NO3/c25-22(15-20(16-23(26)27)18-9-5-2-6-10-18)24-21-13-11-19(12-14-21)17-7-3-1-4-8-17/h1-14,20H,15-16H2,(H,24,25)(H,26,27)/p-1/t20-/m0/s1. The van der Waals surface area contributed by atoms with Gasteiger partial charge in [-0.2, -0.15) is 0 Å². The number of hydrogen-bond acceptors (Lipinski definition) is 3. The highest BCUT2D eigenvalue weighted by Crippen LogP contribution is 2.25. The third-order valence-electron chi connectivity index (χ3n) is 4.39. The molecule has 1 amide bonds. The first-order valence-corrected chi connectivity index (χ1v) is 8.82. The molecule has 0 fully saturated rings. The Balaban J connectivity index is 1.66. The van der Waals surface area contributed by atoms with Crippen molar-refractivity contribution in [1.29, 1.82) is 0 Å². The highest BCUT2D eigenvalue weighted by molar-refractivity contribution is 5.91. The zero-order valence-corrected chi connectivity index (χ0v) is 14.8. The van der Waals surface area contributed by atoms with Gasteiger partial charge in [0, 0.05) is 18.1 Å². The van der Waals surface area contributed by atoms with Crippen LogP contribution in [0.15, 0.2) is 84.9 Å². The molecule has 136 valence electrons. The fraction of sp³-hybridized carbons (Fsp3) is 0.130. The Kier molecular flexibility index (Phi) is 6.00. The predicted molar refractivity (Wildman–Crippen MR) is 104 cm³/mol. The molecular formula is C23H20NO3-. The molecule has 27 heavy (non-hydrogen) atoms. The molecule has 0 saturated carbocycles. The lowest BCUT2D eigenvalue weighted by atomic mass is 9.92. The lowest BCUT2D eigenvalue weighted by molar-refractivity contribution is -0.306. The van der Waals surface area contributed by atoms with Crippen molar-refractivity contribution in [2.24, 2.45) is 0 Å². The van der Waals surface area contributed by atoms with Gasteiger partial charge in [-0.25, -0.2) is 0 Å². The third kappa shape index (κ3) is 5.28. The van der Waals surface area contributed by atoms with Crippen LogP contribution in [-0.4, -0.2) is 11.9 Å². The molecule has 3 aromatic rings. The number of benzene rings is 3. The summed E-state index contributed by atoms with van der Waals surface area (Å²) in [5.41, 5.74) is 3.66. The Morgan fingerprint density at radius 2 is 1.30 bits per heavy atom. The SMILES string of the molecule is O=C([O-])C[C@H](CC(=O)Nc1ccc(-c2ccccc2)cc1)c1ccccc1. The number of carbonyl (C=O) groups excluding carboxylic acids is 2.